The van der Waals surface area contributed by atoms with E-state index in [0.717, 1.165) is 31.4 Å². The number of ether oxygens (including phenoxy) is 1. The zero-order valence-electron chi connectivity index (χ0n) is 19.5. The van der Waals surface area contributed by atoms with Crippen LogP contribution in [0.1, 0.15) is 61.0 Å². The molecule has 0 atom stereocenters. The predicted molar refractivity (Wildman–Crippen MR) is 130 cm³/mol. The van der Waals surface area contributed by atoms with Crippen LogP contribution in [0.2, 0.25) is 0 Å². The fourth-order valence-corrected chi connectivity index (χ4v) is 4.54. The summed E-state index contributed by atoms with van der Waals surface area (Å²) in [6.45, 7) is 1.66. The van der Waals surface area contributed by atoms with Gasteiger partial charge in [0.1, 0.15) is 6.54 Å². The first-order valence-electron chi connectivity index (χ1n) is 11.4. The first-order chi connectivity index (χ1) is 16.4. The van der Waals surface area contributed by atoms with Crippen LogP contribution in [0.5, 0.6) is 0 Å². The molecule has 34 heavy (non-hydrogen) atoms. The van der Waals surface area contributed by atoms with Crippen molar-refractivity contribution in [2.24, 2.45) is 0 Å². The Kier molecular flexibility index (Phi) is 9.15. The smallest absolute Gasteiger partial charge is 0.337 e. The fourth-order valence-electron chi connectivity index (χ4n) is 3.83. The molecule has 0 spiro atoms. The molecule has 3 amide bonds. The summed E-state index contributed by atoms with van der Waals surface area (Å²) in [7, 11) is 1.29. The van der Waals surface area contributed by atoms with Gasteiger partial charge in [-0.3, -0.25) is 14.4 Å². The van der Waals surface area contributed by atoms with Gasteiger partial charge in [-0.25, -0.2) is 9.78 Å². The number of nitrogens with zero attached hydrogens (tertiary/aromatic N) is 2. The lowest BCUT2D eigenvalue weighted by molar-refractivity contribution is -0.125. The van der Waals surface area contributed by atoms with E-state index in [1.165, 1.54) is 41.9 Å². The number of carbonyl (C=O) groups excluding carboxylic acids is 4. The number of benzene rings is 1. The molecular formula is C24H30N4O5S. The molecule has 2 aromatic rings. The third kappa shape index (κ3) is 7.38. The van der Waals surface area contributed by atoms with Gasteiger partial charge in [-0.05, 0) is 44.0 Å². The summed E-state index contributed by atoms with van der Waals surface area (Å²) in [5.74, 6) is -1.43. The lowest BCUT2D eigenvalue weighted by atomic mass is 9.95. The van der Waals surface area contributed by atoms with Gasteiger partial charge >= 0.3 is 5.97 Å². The number of thiazole rings is 1. The summed E-state index contributed by atoms with van der Waals surface area (Å²) in [4.78, 5) is 55.4. The predicted octanol–water partition coefficient (Wildman–Crippen LogP) is 3.44. The lowest BCUT2D eigenvalue weighted by Gasteiger charge is -2.26. The molecule has 0 aliphatic heterocycles. The van der Waals surface area contributed by atoms with Gasteiger partial charge in [-0.2, -0.15) is 0 Å². The highest BCUT2D eigenvalue weighted by atomic mass is 32.1. The second-order valence-corrected chi connectivity index (χ2v) is 9.12. The van der Waals surface area contributed by atoms with E-state index in [1.54, 1.807) is 12.1 Å². The van der Waals surface area contributed by atoms with E-state index < -0.39 is 5.97 Å². The molecule has 1 fully saturated rings. The number of hydrogen-bond donors (Lipinski definition) is 2. The van der Waals surface area contributed by atoms with Crippen molar-refractivity contribution in [3.05, 3.63) is 40.9 Å². The normalized spacial score (nSPS) is 13.7. The molecule has 0 bridgehead atoms. The van der Waals surface area contributed by atoms with Crippen LogP contribution in [-0.4, -0.2) is 48.4 Å². The van der Waals surface area contributed by atoms with E-state index in [1.807, 2.05) is 12.3 Å². The Labute approximate surface area is 202 Å². The van der Waals surface area contributed by atoms with Crippen molar-refractivity contribution in [2.75, 3.05) is 23.9 Å². The number of hydrogen-bond acceptors (Lipinski definition) is 7. The molecule has 1 heterocycles. The Morgan fingerprint density at radius 1 is 1.06 bits per heavy atom. The monoisotopic (exact) mass is 486 g/mol. The average Bonchev–Trinajstić information content (AvgIpc) is 3.25. The van der Waals surface area contributed by atoms with Crippen molar-refractivity contribution in [3.8, 4) is 0 Å². The number of methoxy groups -OCH3 is 1. The number of anilines is 2. The molecule has 1 aliphatic rings. The molecule has 1 aromatic carbocycles. The third-order valence-corrected chi connectivity index (χ3v) is 6.48. The SMILES string of the molecule is COC(=O)c1ccc(N(CC(=O)NC2CCCCC2)C(=O)CCC(=O)Nc2nc(C)cs2)cc1. The van der Waals surface area contributed by atoms with Crippen LogP contribution >= 0.6 is 11.3 Å². The molecule has 10 heteroatoms. The lowest BCUT2D eigenvalue weighted by Crippen LogP contribution is -2.45. The fraction of sp³-hybridized carbons (Fsp3) is 0.458. The highest BCUT2D eigenvalue weighted by Crippen LogP contribution is 2.20. The van der Waals surface area contributed by atoms with Gasteiger partial charge in [0, 0.05) is 30.0 Å². The van der Waals surface area contributed by atoms with E-state index in [0.29, 0.717) is 16.4 Å². The summed E-state index contributed by atoms with van der Waals surface area (Å²) < 4.78 is 4.72. The Hall–Kier alpha value is -3.27. The van der Waals surface area contributed by atoms with E-state index >= 15 is 0 Å². The minimum Gasteiger partial charge on any atom is -0.465 e. The van der Waals surface area contributed by atoms with E-state index in [4.69, 9.17) is 4.74 Å². The summed E-state index contributed by atoms with van der Waals surface area (Å²) >= 11 is 1.32. The first kappa shape index (κ1) is 25.4. The maximum atomic E-state index is 13.1. The van der Waals surface area contributed by atoms with Gasteiger partial charge in [0.2, 0.25) is 17.7 Å². The summed E-state index contributed by atoms with van der Waals surface area (Å²) in [5.41, 5.74) is 1.61. The van der Waals surface area contributed by atoms with Crippen LogP contribution in [-0.2, 0) is 19.1 Å². The number of esters is 1. The molecule has 182 valence electrons. The molecule has 1 aliphatic carbocycles. The number of aromatic nitrogens is 1. The van der Waals surface area contributed by atoms with Crippen LogP contribution in [0.15, 0.2) is 29.6 Å². The van der Waals surface area contributed by atoms with Gasteiger partial charge in [0.25, 0.3) is 0 Å². The Morgan fingerprint density at radius 3 is 2.38 bits per heavy atom. The quantitative estimate of drug-likeness (QED) is 0.524. The Bertz CT molecular complexity index is 1010. The summed E-state index contributed by atoms with van der Waals surface area (Å²) in [5, 5.41) is 8.01. The van der Waals surface area contributed by atoms with Gasteiger partial charge in [0.15, 0.2) is 5.13 Å². The highest BCUT2D eigenvalue weighted by Gasteiger charge is 2.23. The molecule has 2 N–H and O–H groups in total. The number of amides is 3. The van der Waals surface area contributed by atoms with Crippen molar-refractivity contribution in [2.45, 2.75) is 57.9 Å². The third-order valence-electron chi connectivity index (χ3n) is 5.60. The Morgan fingerprint density at radius 2 is 1.76 bits per heavy atom. The number of nitrogens with one attached hydrogen (secondary N) is 2. The molecule has 3 rings (SSSR count). The van der Waals surface area contributed by atoms with Gasteiger partial charge in [-0.15, -0.1) is 11.3 Å². The summed E-state index contributed by atoms with van der Waals surface area (Å²) in [6.07, 6.45) is 5.08. The molecule has 0 radical (unpaired) electrons. The van der Waals surface area contributed by atoms with Gasteiger partial charge < -0.3 is 20.3 Å². The van der Waals surface area contributed by atoms with Crippen LogP contribution in [0, 0.1) is 6.92 Å². The molecule has 1 saturated carbocycles. The Balaban J connectivity index is 1.66. The zero-order valence-corrected chi connectivity index (χ0v) is 20.3. The van der Waals surface area contributed by atoms with E-state index in [9.17, 15) is 19.2 Å². The van der Waals surface area contributed by atoms with Crippen molar-refractivity contribution in [1.82, 2.24) is 10.3 Å². The first-order valence-corrected chi connectivity index (χ1v) is 12.2. The molecule has 1 aromatic heterocycles. The number of rotatable bonds is 9. The van der Waals surface area contributed by atoms with Gasteiger partial charge in [0.05, 0.1) is 18.4 Å². The number of aryl methyl sites for hydroxylation is 1. The maximum Gasteiger partial charge on any atom is 0.337 e. The highest BCUT2D eigenvalue weighted by molar-refractivity contribution is 7.13. The minimum atomic E-state index is -0.492. The van der Waals surface area contributed by atoms with Crippen molar-refractivity contribution >= 4 is 45.8 Å². The molecule has 0 unspecified atom stereocenters. The van der Waals surface area contributed by atoms with Gasteiger partial charge in [-0.1, -0.05) is 19.3 Å². The second kappa shape index (κ2) is 12.3. The van der Waals surface area contributed by atoms with Crippen LogP contribution in [0.4, 0.5) is 10.8 Å². The van der Waals surface area contributed by atoms with Crippen molar-refractivity contribution < 1.29 is 23.9 Å². The molecule has 0 saturated heterocycles. The van der Waals surface area contributed by atoms with Crippen molar-refractivity contribution in [1.29, 1.82) is 0 Å². The maximum absolute atomic E-state index is 13.1. The van der Waals surface area contributed by atoms with E-state index in [2.05, 4.69) is 15.6 Å². The van der Waals surface area contributed by atoms with Crippen LogP contribution < -0.4 is 15.5 Å². The minimum absolute atomic E-state index is 0.0432. The standard InChI is InChI=1S/C24H30N4O5S/c1-16-15-34-24(25-16)27-20(29)12-13-22(31)28(14-21(30)26-18-6-4-3-5-7-18)19-10-8-17(9-11-19)23(32)33-2/h8-11,15,18H,3-7,12-14H2,1-2H3,(H,26,30)(H,25,27,29). The van der Waals surface area contributed by atoms with Crippen molar-refractivity contribution in [3.63, 3.8) is 0 Å². The van der Waals surface area contributed by atoms with Crippen LogP contribution in [0.25, 0.3) is 0 Å². The molecule has 9 nitrogen and oxygen atoms in total. The average molecular weight is 487 g/mol. The van der Waals surface area contributed by atoms with E-state index in [-0.39, 0.29) is 43.1 Å². The largest absolute Gasteiger partial charge is 0.465 e. The summed E-state index contributed by atoms with van der Waals surface area (Å²) in [6, 6.07) is 6.38. The second-order valence-electron chi connectivity index (χ2n) is 8.26. The molecular weight excluding hydrogens is 456 g/mol. The van der Waals surface area contributed by atoms with Crippen LogP contribution in [0.3, 0.4) is 0 Å². The zero-order chi connectivity index (χ0) is 24.5. The topological polar surface area (TPSA) is 118 Å². The number of carbonyl (C=O) groups is 4.